The average molecular weight is 370 g/mol. The Hall–Kier alpha value is -3.86. The van der Waals surface area contributed by atoms with Crippen molar-refractivity contribution in [3.05, 3.63) is 94.5 Å². The minimum absolute atomic E-state index is 0.0738. The molecule has 0 saturated carbocycles. The van der Waals surface area contributed by atoms with Crippen molar-refractivity contribution in [2.24, 2.45) is 0 Å². The zero-order valence-electron chi connectivity index (χ0n) is 15.2. The highest BCUT2D eigenvalue weighted by Gasteiger charge is 2.10. The van der Waals surface area contributed by atoms with E-state index in [0.29, 0.717) is 22.5 Å². The molecule has 3 aromatic carbocycles. The lowest BCUT2D eigenvalue weighted by atomic mass is 10.1. The molecule has 28 heavy (non-hydrogen) atoms. The van der Waals surface area contributed by atoms with Crippen molar-refractivity contribution in [3.63, 3.8) is 0 Å². The van der Waals surface area contributed by atoms with Crippen LogP contribution in [0.3, 0.4) is 0 Å². The third-order valence-corrected chi connectivity index (χ3v) is 4.44. The van der Waals surface area contributed by atoms with E-state index in [9.17, 15) is 9.90 Å². The Bertz CT molecular complexity index is 1230. The zero-order chi connectivity index (χ0) is 19.5. The number of phenols is 1. The lowest BCUT2D eigenvalue weighted by Crippen LogP contribution is -2.22. The molecule has 0 radical (unpaired) electrons. The quantitative estimate of drug-likeness (QED) is 0.583. The fourth-order valence-electron chi connectivity index (χ4n) is 3.06. The van der Waals surface area contributed by atoms with Gasteiger partial charge in [0.15, 0.2) is 11.5 Å². The van der Waals surface area contributed by atoms with Gasteiger partial charge >= 0.3 is 0 Å². The van der Waals surface area contributed by atoms with Gasteiger partial charge in [0.1, 0.15) is 5.82 Å². The zero-order valence-corrected chi connectivity index (χ0v) is 15.2. The summed E-state index contributed by atoms with van der Waals surface area (Å²) in [6.07, 6.45) is 3.62. The first kappa shape index (κ1) is 17.5. The van der Waals surface area contributed by atoms with Gasteiger partial charge < -0.3 is 9.84 Å². The highest BCUT2D eigenvalue weighted by molar-refractivity contribution is 5.80. The summed E-state index contributed by atoms with van der Waals surface area (Å²) in [6, 6.07) is 21.8. The maximum atomic E-state index is 13.1. The Kier molecular flexibility index (Phi) is 4.64. The number of methoxy groups -OCH3 is 1. The number of hydrogen-bond donors (Lipinski definition) is 1. The van der Waals surface area contributed by atoms with E-state index >= 15 is 0 Å². The van der Waals surface area contributed by atoms with Crippen LogP contribution in [0, 0.1) is 0 Å². The Balaban J connectivity index is 1.89. The van der Waals surface area contributed by atoms with Gasteiger partial charge in [-0.2, -0.15) is 0 Å². The molecule has 1 N–H and O–H groups in total. The molecule has 0 aliphatic carbocycles. The van der Waals surface area contributed by atoms with Crippen LogP contribution in [-0.2, 0) is 0 Å². The number of para-hydroxylation sites is 2. The second kappa shape index (κ2) is 7.40. The van der Waals surface area contributed by atoms with Crippen LogP contribution in [0.2, 0.25) is 0 Å². The highest BCUT2D eigenvalue weighted by Crippen LogP contribution is 2.27. The standard InChI is InChI=1S/C23H18N2O3/c1-28-21-15-16(11-13-20(21)26)12-14-22-24-19-10-6-5-9-18(19)23(27)25(22)17-7-3-2-4-8-17/h2-15,26H,1H3. The molecule has 138 valence electrons. The summed E-state index contributed by atoms with van der Waals surface area (Å²) in [5.41, 5.74) is 2.08. The molecule has 0 atom stereocenters. The second-order valence-electron chi connectivity index (χ2n) is 6.23. The minimum atomic E-state index is -0.125. The molecule has 0 amide bonds. The van der Waals surface area contributed by atoms with Crippen LogP contribution in [0.25, 0.3) is 28.7 Å². The Morgan fingerprint density at radius 2 is 1.71 bits per heavy atom. The molecule has 0 spiro atoms. The van der Waals surface area contributed by atoms with Gasteiger partial charge in [-0.15, -0.1) is 0 Å². The highest BCUT2D eigenvalue weighted by atomic mass is 16.5. The molecule has 5 nitrogen and oxygen atoms in total. The third-order valence-electron chi connectivity index (χ3n) is 4.44. The average Bonchev–Trinajstić information content (AvgIpc) is 2.74. The smallest absolute Gasteiger partial charge is 0.266 e. The van der Waals surface area contributed by atoms with Crippen LogP contribution in [0.15, 0.2) is 77.6 Å². The van der Waals surface area contributed by atoms with Crippen LogP contribution in [-0.4, -0.2) is 21.8 Å². The number of aromatic nitrogens is 2. The van der Waals surface area contributed by atoms with Gasteiger partial charge in [-0.25, -0.2) is 4.98 Å². The first-order chi connectivity index (χ1) is 13.7. The van der Waals surface area contributed by atoms with Gasteiger partial charge in [0, 0.05) is 0 Å². The summed E-state index contributed by atoms with van der Waals surface area (Å²) in [5.74, 6) is 0.973. The predicted octanol–water partition coefficient (Wildman–Crippen LogP) is 4.27. The molecule has 4 aromatic rings. The van der Waals surface area contributed by atoms with Gasteiger partial charge in [-0.05, 0) is 48.0 Å². The molecule has 0 unspecified atom stereocenters. The number of rotatable bonds is 4. The van der Waals surface area contributed by atoms with Gasteiger partial charge in [0.2, 0.25) is 0 Å². The summed E-state index contributed by atoms with van der Waals surface area (Å²) in [4.78, 5) is 17.8. The molecule has 0 aliphatic rings. The molecule has 0 bridgehead atoms. The molecular weight excluding hydrogens is 352 g/mol. The van der Waals surface area contributed by atoms with Crippen LogP contribution in [0.5, 0.6) is 11.5 Å². The predicted molar refractivity (Wildman–Crippen MR) is 111 cm³/mol. The van der Waals surface area contributed by atoms with E-state index in [-0.39, 0.29) is 11.3 Å². The van der Waals surface area contributed by atoms with Crippen molar-refractivity contribution in [2.45, 2.75) is 0 Å². The summed E-state index contributed by atoms with van der Waals surface area (Å²) in [5, 5.41) is 10.3. The molecule has 4 rings (SSSR count). The largest absolute Gasteiger partial charge is 0.504 e. The second-order valence-corrected chi connectivity index (χ2v) is 6.23. The fraction of sp³-hybridized carbons (Fsp3) is 0.0435. The molecule has 0 fully saturated rings. The summed E-state index contributed by atoms with van der Waals surface area (Å²) >= 11 is 0. The van der Waals surface area contributed by atoms with Crippen molar-refractivity contribution < 1.29 is 9.84 Å². The van der Waals surface area contributed by atoms with E-state index in [4.69, 9.17) is 4.74 Å². The van der Waals surface area contributed by atoms with Crippen LogP contribution in [0.4, 0.5) is 0 Å². The SMILES string of the molecule is COc1cc(C=Cc2nc3ccccc3c(=O)n2-c2ccccc2)ccc1O. The first-order valence-corrected chi connectivity index (χ1v) is 8.79. The number of aromatic hydroxyl groups is 1. The summed E-state index contributed by atoms with van der Waals surface area (Å²) in [6.45, 7) is 0. The Labute approximate surface area is 161 Å². The number of ether oxygens (including phenoxy) is 1. The van der Waals surface area contributed by atoms with Crippen LogP contribution < -0.4 is 10.3 Å². The van der Waals surface area contributed by atoms with E-state index in [0.717, 1.165) is 11.3 Å². The van der Waals surface area contributed by atoms with E-state index in [1.807, 2.05) is 54.6 Å². The van der Waals surface area contributed by atoms with E-state index < -0.39 is 0 Å². The lowest BCUT2D eigenvalue weighted by Gasteiger charge is -2.11. The van der Waals surface area contributed by atoms with Crippen LogP contribution in [0.1, 0.15) is 11.4 Å². The molecule has 0 aliphatic heterocycles. The molecule has 0 saturated heterocycles. The van der Waals surface area contributed by atoms with Crippen molar-refractivity contribution in [1.29, 1.82) is 0 Å². The third kappa shape index (κ3) is 3.25. The maximum Gasteiger partial charge on any atom is 0.266 e. The topological polar surface area (TPSA) is 64.3 Å². The van der Waals surface area contributed by atoms with Gasteiger partial charge in [-0.1, -0.05) is 42.5 Å². The van der Waals surface area contributed by atoms with Gasteiger partial charge in [0.05, 0.1) is 23.7 Å². The maximum absolute atomic E-state index is 13.1. The van der Waals surface area contributed by atoms with E-state index in [2.05, 4.69) is 4.98 Å². The number of fused-ring (bicyclic) bond motifs is 1. The first-order valence-electron chi connectivity index (χ1n) is 8.79. The molecule has 1 aromatic heterocycles. The van der Waals surface area contributed by atoms with E-state index in [1.165, 1.54) is 7.11 Å². The molecular formula is C23H18N2O3. The van der Waals surface area contributed by atoms with Crippen LogP contribution >= 0.6 is 0 Å². The van der Waals surface area contributed by atoms with Gasteiger partial charge in [0.25, 0.3) is 5.56 Å². The van der Waals surface area contributed by atoms with Gasteiger partial charge in [-0.3, -0.25) is 9.36 Å². The minimum Gasteiger partial charge on any atom is -0.504 e. The van der Waals surface area contributed by atoms with E-state index in [1.54, 1.807) is 34.9 Å². The molecule has 1 heterocycles. The van der Waals surface area contributed by atoms with Crippen molar-refractivity contribution in [3.8, 4) is 17.2 Å². The fourth-order valence-corrected chi connectivity index (χ4v) is 3.06. The summed E-state index contributed by atoms with van der Waals surface area (Å²) < 4.78 is 6.75. The number of hydrogen-bond acceptors (Lipinski definition) is 4. The number of nitrogens with zero attached hydrogens (tertiary/aromatic N) is 2. The number of phenolic OH excluding ortho intramolecular Hbond substituents is 1. The molecule has 5 heteroatoms. The Morgan fingerprint density at radius 3 is 2.50 bits per heavy atom. The number of benzene rings is 3. The van der Waals surface area contributed by atoms with Crippen molar-refractivity contribution in [1.82, 2.24) is 9.55 Å². The monoisotopic (exact) mass is 370 g/mol. The lowest BCUT2D eigenvalue weighted by molar-refractivity contribution is 0.373. The summed E-state index contributed by atoms with van der Waals surface area (Å²) in [7, 11) is 1.50. The van der Waals surface area contributed by atoms with Crippen molar-refractivity contribution in [2.75, 3.05) is 7.11 Å². The Morgan fingerprint density at radius 1 is 0.964 bits per heavy atom. The van der Waals surface area contributed by atoms with Crippen molar-refractivity contribution >= 4 is 23.1 Å². The normalized spacial score (nSPS) is 11.2.